The van der Waals surface area contributed by atoms with Crippen LogP contribution >= 0.6 is 0 Å². The fourth-order valence-electron chi connectivity index (χ4n) is 3.46. The van der Waals surface area contributed by atoms with Gasteiger partial charge >= 0.3 is 0 Å². The van der Waals surface area contributed by atoms with Gasteiger partial charge in [0.2, 0.25) is 0 Å². The van der Waals surface area contributed by atoms with Crippen molar-refractivity contribution in [2.24, 2.45) is 0 Å². The van der Waals surface area contributed by atoms with Gasteiger partial charge in [-0.15, -0.1) is 0 Å². The minimum absolute atomic E-state index is 0.151. The highest BCUT2D eigenvalue weighted by Crippen LogP contribution is 2.33. The predicted octanol–water partition coefficient (Wildman–Crippen LogP) is 3.67. The van der Waals surface area contributed by atoms with E-state index >= 15 is 0 Å². The average Bonchev–Trinajstić information content (AvgIpc) is 2.46. The quantitative estimate of drug-likeness (QED) is 0.853. The molecule has 0 spiro atoms. The second kappa shape index (κ2) is 4.67. The number of nitrogens with one attached hydrogen (secondary N) is 1. The Morgan fingerprint density at radius 1 is 1.25 bits per heavy atom. The van der Waals surface area contributed by atoms with Crippen molar-refractivity contribution >= 4 is 16.5 Å². The number of rotatable bonds is 1. The summed E-state index contributed by atoms with van der Waals surface area (Å²) in [6.45, 7) is 0. The predicted molar refractivity (Wildman–Crippen MR) is 78.9 cm³/mol. The molecule has 4 rings (SSSR count). The Balaban J connectivity index is 1.81. The van der Waals surface area contributed by atoms with Gasteiger partial charge in [0.15, 0.2) is 0 Å². The molecule has 0 radical (unpaired) electrons. The first kappa shape index (κ1) is 12.0. The van der Waals surface area contributed by atoms with E-state index in [9.17, 15) is 4.39 Å². The van der Waals surface area contributed by atoms with Crippen LogP contribution in [0.5, 0.6) is 0 Å². The summed E-state index contributed by atoms with van der Waals surface area (Å²) < 4.78 is 14.4. The fourth-order valence-corrected chi connectivity index (χ4v) is 3.46. The van der Waals surface area contributed by atoms with E-state index in [2.05, 4.69) is 16.4 Å². The summed E-state index contributed by atoms with van der Waals surface area (Å²) in [7, 11) is 0. The zero-order chi connectivity index (χ0) is 13.5. The molecule has 1 aromatic carbocycles. The van der Waals surface area contributed by atoms with E-state index in [0.717, 1.165) is 34.9 Å². The standard InChI is InChI=1S/C17H17FN2/c18-16-10-17-11(3-2-6-19-17)9-15(16)12-7-13-4-1-5-14(8-12)20-13/h2-3,6-7,9-10,13-14,20H,1,4-5,8H2. The maximum Gasteiger partial charge on any atom is 0.132 e. The van der Waals surface area contributed by atoms with Gasteiger partial charge in [-0.2, -0.15) is 0 Å². The monoisotopic (exact) mass is 268 g/mol. The van der Waals surface area contributed by atoms with Crippen molar-refractivity contribution in [3.8, 4) is 0 Å². The average molecular weight is 268 g/mol. The molecule has 2 unspecified atom stereocenters. The zero-order valence-corrected chi connectivity index (χ0v) is 11.3. The van der Waals surface area contributed by atoms with E-state index in [0.29, 0.717) is 12.1 Å². The minimum atomic E-state index is -0.151. The first-order valence-electron chi connectivity index (χ1n) is 7.31. The SMILES string of the molecule is Fc1cc2ncccc2cc1C1=CC2CCCC(C1)N2. The molecule has 1 aromatic heterocycles. The Morgan fingerprint density at radius 3 is 3.10 bits per heavy atom. The van der Waals surface area contributed by atoms with Gasteiger partial charge in [0.05, 0.1) is 5.52 Å². The smallest absolute Gasteiger partial charge is 0.132 e. The van der Waals surface area contributed by atoms with E-state index in [1.807, 2.05) is 18.2 Å². The molecular formula is C17H17FN2. The number of hydrogen-bond donors (Lipinski definition) is 1. The fraction of sp³-hybridized carbons (Fsp3) is 0.353. The van der Waals surface area contributed by atoms with Crippen molar-refractivity contribution in [3.05, 3.63) is 47.9 Å². The minimum Gasteiger partial charge on any atom is -0.307 e. The van der Waals surface area contributed by atoms with Crippen LogP contribution in [0.1, 0.15) is 31.2 Å². The Labute approximate surface area is 117 Å². The molecule has 2 aromatic rings. The van der Waals surface area contributed by atoms with Crippen molar-refractivity contribution in [1.29, 1.82) is 0 Å². The van der Waals surface area contributed by atoms with Gasteiger partial charge in [0.1, 0.15) is 5.82 Å². The topological polar surface area (TPSA) is 24.9 Å². The van der Waals surface area contributed by atoms with Crippen molar-refractivity contribution in [2.45, 2.75) is 37.8 Å². The van der Waals surface area contributed by atoms with Crippen LogP contribution in [0.4, 0.5) is 4.39 Å². The number of piperidine rings is 1. The number of halogens is 1. The van der Waals surface area contributed by atoms with Crippen LogP contribution in [0, 0.1) is 5.82 Å². The highest BCUT2D eigenvalue weighted by atomic mass is 19.1. The van der Waals surface area contributed by atoms with Crippen LogP contribution in [0.25, 0.3) is 16.5 Å². The molecule has 2 atom stereocenters. The Hall–Kier alpha value is -1.74. The summed E-state index contributed by atoms with van der Waals surface area (Å²) in [5.74, 6) is -0.151. The third-order valence-corrected chi connectivity index (χ3v) is 4.42. The maximum atomic E-state index is 14.4. The number of nitrogens with zero attached hydrogens (tertiary/aromatic N) is 1. The molecule has 3 heteroatoms. The third-order valence-electron chi connectivity index (χ3n) is 4.42. The second-order valence-electron chi connectivity index (χ2n) is 5.83. The van der Waals surface area contributed by atoms with Gasteiger partial charge < -0.3 is 5.32 Å². The molecule has 20 heavy (non-hydrogen) atoms. The van der Waals surface area contributed by atoms with Gasteiger partial charge in [-0.05, 0) is 37.0 Å². The molecule has 102 valence electrons. The van der Waals surface area contributed by atoms with Crippen LogP contribution < -0.4 is 5.32 Å². The molecule has 0 amide bonds. The molecule has 2 aliphatic heterocycles. The molecular weight excluding hydrogens is 251 g/mol. The van der Waals surface area contributed by atoms with Crippen LogP contribution in [0.2, 0.25) is 0 Å². The van der Waals surface area contributed by atoms with E-state index in [-0.39, 0.29) is 5.82 Å². The number of hydrogen-bond acceptors (Lipinski definition) is 2. The van der Waals surface area contributed by atoms with Crippen LogP contribution in [0.15, 0.2) is 36.5 Å². The van der Waals surface area contributed by atoms with Gasteiger partial charge in [0, 0.05) is 35.3 Å². The summed E-state index contributed by atoms with van der Waals surface area (Å²) in [6.07, 6.45) is 8.49. The summed E-state index contributed by atoms with van der Waals surface area (Å²) >= 11 is 0. The van der Waals surface area contributed by atoms with Gasteiger partial charge in [-0.1, -0.05) is 18.6 Å². The Kier molecular flexibility index (Phi) is 2.81. The van der Waals surface area contributed by atoms with Crippen molar-refractivity contribution in [2.75, 3.05) is 0 Å². The summed E-state index contributed by atoms with van der Waals surface area (Å²) in [5.41, 5.74) is 2.63. The molecule has 1 fully saturated rings. The van der Waals surface area contributed by atoms with Gasteiger partial charge in [-0.3, -0.25) is 4.98 Å². The first-order valence-corrected chi connectivity index (χ1v) is 7.31. The highest BCUT2D eigenvalue weighted by Gasteiger charge is 2.26. The summed E-state index contributed by atoms with van der Waals surface area (Å²) in [5, 5.41) is 4.61. The maximum absolute atomic E-state index is 14.4. The molecule has 0 saturated carbocycles. The van der Waals surface area contributed by atoms with Crippen LogP contribution in [-0.2, 0) is 0 Å². The van der Waals surface area contributed by atoms with Crippen molar-refractivity contribution in [3.63, 3.8) is 0 Å². The number of aromatic nitrogens is 1. The molecule has 1 saturated heterocycles. The highest BCUT2D eigenvalue weighted by molar-refractivity contribution is 5.84. The second-order valence-corrected chi connectivity index (χ2v) is 5.83. The molecule has 2 bridgehead atoms. The molecule has 3 heterocycles. The van der Waals surface area contributed by atoms with E-state index < -0.39 is 0 Å². The third kappa shape index (κ3) is 2.02. The van der Waals surface area contributed by atoms with E-state index in [4.69, 9.17) is 0 Å². The number of fused-ring (bicyclic) bond motifs is 3. The lowest BCUT2D eigenvalue weighted by molar-refractivity contribution is 0.347. The normalized spacial score (nSPS) is 25.6. The lowest BCUT2D eigenvalue weighted by Gasteiger charge is -2.35. The zero-order valence-electron chi connectivity index (χ0n) is 11.3. The first-order chi connectivity index (χ1) is 9.79. The Morgan fingerprint density at radius 2 is 2.20 bits per heavy atom. The largest absolute Gasteiger partial charge is 0.307 e. The van der Waals surface area contributed by atoms with E-state index in [1.54, 1.807) is 12.3 Å². The van der Waals surface area contributed by atoms with E-state index in [1.165, 1.54) is 12.8 Å². The van der Waals surface area contributed by atoms with Crippen molar-refractivity contribution in [1.82, 2.24) is 10.3 Å². The molecule has 2 aliphatic rings. The Bertz CT molecular complexity index is 692. The lowest BCUT2D eigenvalue weighted by atomic mass is 9.84. The molecule has 0 aliphatic carbocycles. The number of pyridine rings is 1. The molecule has 2 nitrogen and oxygen atoms in total. The van der Waals surface area contributed by atoms with Gasteiger partial charge in [-0.25, -0.2) is 4.39 Å². The summed E-state index contributed by atoms with van der Waals surface area (Å²) in [6, 6.07) is 8.33. The number of benzene rings is 1. The summed E-state index contributed by atoms with van der Waals surface area (Å²) in [4.78, 5) is 4.21. The van der Waals surface area contributed by atoms with Crippen LogP contribution in [-0.4, -0.2) is 17.1 Å². The van der Waals surface area contributed by atoms with Crippen molar-refractivity contribution < 1.29 is 4.39 Å². The molecule has 1 N–H and O–H groups in total. The van der Waals surface area contributed by atoms with Crippen LogP contribution in [0.3, 0.4) is 0 Å². The van der Waals surface area contributed by atoms with Gasteiger partial charge in [0.25, 0.3) is 0 Å². The lowest BCUT2D eigenvalue weighted by Crippen LogP contribution is -2.44.